The van der Waals surface area contributed by atoms with E-state index in [1.165, 1.54) is 12.3 Å². The maximum Gasteiger partial charge on any atom is 0.236 e. The van der Waals surface area contributed by atoms with Crippen molar-refractivity contribution in [2.24, 2.45) is 0 Å². The van der Waals surface area contributed by atoms with E-state index in [0.717, 1.165) is 17.3 Å². The first kappa shape index (κ1) is 14.9. The first-order valence-electron chi connectivity index (χ1n) is 7.25. The van der Waals surface area contributed by atoms with Crippen LogP contribution in [0.2, 0.25) is 0 Å². The van der Waals surface area contributed by atoms with Crippen LogP contribution in [-0.4, -0.2) is 10.9 Å². The fourth-order valence-electron chi connectivity index (χ4n) is 2.48. The summed E-state index contributed by atoms with van der Waals surface area (Å²) in [5, 5.41) is 2.74. The van der Waals surface area contributed by atoms with E-state index in [-0.39, 0.29) is 5.91 Å². The molecule has 0 unspecified atom stereocenters. The number of anilines is 1. The lowest BCUT2D eigenvalue weighted by molar-refractivity contribution is -0.116. The van der Waals surface area contributed by atoms with Gasteiger partial charge in [-0.3, -0.25) is 9.78 Å². The van der Waals surface area contributed by atoms with Gasteiger partial charge >= 0.3 is 0 Å². The van der Waals surface area contributed by atoms with Gasteiger partial charge in [0.2, 0.25) is 5.91 Å². The van der Waals surface area contributed by atoms with Crippen molar-refractivity contribution in [2.75, 3.05) is 5.32 Å². The Morgan fingerprint density at radius 2 is 1.48 bits per heavy atom. The van der Waals surface area contributed by atoms with Gasteiger partial charge in [0, 0.05) is 6.07 Å². The molecule has 1 aromatic heterocycles. The molecule has 0 saturated heterocycles. The molecule has 0 fully saturated rings. The first-order valence-corrected chi connectivity index (χ1v) is 7.25. The van der Waals surface area contributed by atoms with Crippen molar-refractivity contribution >= 4 is 11.6 Å². The van der Waals surface area contributed by atoms with Crippen LogP contribution in [0.3, 0.4) is 0 Å². The molecule has 0 spiro atoms. The number of rotatable bonds is 4. The maximum absolute atomic E-state index is 13.3. The van der Waals surface area contributed by atoms with Crippen LogP contribution in [0, 0.1) is 5.82 Å². The van der Waals surface area contributed by atoms with E-state index in [4.69, 9.17) is 0 Å². The molecule has 0 aliphatic heterocycles. The quantitative estimate of drug-likeness (QED) is 0.792. The number of hydrogen-bond acceptors (Lipinski definition) is 2. The number of amides is 1. The Balaban J connectivity index is 1.94. The van der Waals surface area contributed by atoms with E-state index in [0.29, 0.717) is 5.69 Å². The standard InChI is InChI=1S/C19H15FN2O/c20-16-11-17(13-21-12-16)22-19(23)18(14-7-3-1-4-8-14)15-9-5-2-6-10-15/h1-13,18H,(H,22,23). The van der Waals surface area contributed by atoms with Gasteiger partial charge < -0.3 is 5.32 Å². The molecule has 0 bridgehead atoms. The molecule has 1 N–H and O–H groups in total. The summed E-state index contributed by atoms with van der Waals surface area (Å²) in [6.45, 7) is 0. The summed E-state index contributed by atoms with van der Waals surface area (Å²) >= 11 is 0. The van der Waals surface area contributed by atoms with Crippen LogP contribution >= 0.6 is 0 Å². The number of aromatic nitrogens is 1. The Hall–Kier alpha value is -3.01. The van der Waals surface area contributed by atoms with Crippen LogP contribution in [0.4, 0.5) is 10.1 Å². The SMILES string of the molecule is O=C(Nc1cncc(F)c1)C(c1ccccc1)c1ccccc1. The summed E-state index contributed by atoms with van der Waals surface area (Å²) in [4.78, 5) is 16.5. The number of pyridine rings is 1. The lowest BCUT2D eigenvalue weighted by atomic mass is 9.90. The van der Waals surface area contributed by atoms with Crippen molar-refractivity contribution in [1.29, 1.82) is 0 Å². The number of nitrogens with zero attached hydrogens (tertiary/aromatic N) is 1. The van der Waals surface area contributed by atoms with Gasteiger partial charge in [0.15, 0.2) is 0 Å². The highest BCUT2D eigenvalue weighted by molar-refractivity contribution is 5.98. The molecule has 0 aliphatic carbocycles. The molecule has 0 saturated carbocycles. The van der Waals surface area contributed by atoms with Crippen molar-refractivity contribution in [3.05, 3.63) is 96.1 Å². The minimum Gasteiger partial charge on any atom is -0.324 e. The average Bonchev–Trinajstić information content (AvgIpc) is 2.57. The van der Waals surface area contributed by atoms with E-state index >= 15 is 0 Å². The third kappa shape index (κ3) is 3.61. The van der Waals surface area contributed by atoms with E-state index in [1.807, 2.05) is 60.7 Å². The molecule has 3 nitrogen and oxygen atoms in total. The second-order valence-corrected chi connectivity index (χ2v) is 5.14. The van der Waals surface area contributed by atoms with Crippen molar-refractivity contribution in [3.63, 3.8) is 0 Å². The Labute approximate surface area is 133 Å². The highest BCUT2D eigenvalue weighted by Gasteiger charge is 2.22. The Morgan fingerprint density at radius 1 is 0.913 bits per heavy atom. The van der Waals surface area contributed by atoms with Crippen molar-refractivity contribution in [2.45, 2.75) is 5.92 Å². The summed E-state index contributed by atoms with van der Waals surface area (Å²) in [6, 6.07) is 20.2. The van der Waals surface area contributed by atoms with E-state index < -0.39 is 11.7 Å². The average molecular weight is 306 g/mol. The number of carbonyl (C=O) groups is 1. The number of halogens is 1. The molecule has 2 aromatic carbocycles. The minimum atomic E-state index is -0.487. The largest absolute Gasteiger partial charge is 0.324 e. The molecule has 114 valence electrons. The van der Waals surface area contributed by atoms with E-state index in [1.54, 1.807) is 0 Å². The Morgan fingerprint density at radius 3 is 2.00 bits per heavy atom. The van der Waals surface area contributed by atoms with Crippen LogP contribution in [0.1, 0.15) is 17.0 Å². The van der Waals surface area contributed by atoms with E-state index in [9.17, 15) is 9.18 Å². The lowest BCUT2D eigenvalue weighted by Crippen LogP contribution is -2.22. The molecule has 0 radical (unpaired) electrons. The molecule has 0 aliphatic rings. The molecule has 3 aromatic rings. The van der Waals surface area contributed by atoms with Crippen molar-refractivity contribution in [3.8, 4) is 0 Å². The van der Waals surface area contributed by atoms with Gasteiger partial charge in [-0.1, -0.05) is 60.7 Å². The number of carbonyl (C=O) groups excluding carboxylic acids is 1. The third-order valence-corrected chi connectivity index (χ3v) is 3.50. The van der Waals surface area contributed by atoms with Gasteiger partial charge in [-0.05, 0) is 11.1 Å². The van der Waals surface area contributed by atoms with Gasteiger partial charge in [-0.15, -0.1) is 0 Å². The van der Waals surface area contributed by atoms with Crippen LogP contribution in [-0.2, 0) is 4.79 Å². The van der Waals surface area contributed by atoms with Gasteiger partial charge in [0.25, 0.3) is 0 Å². The number of nitrogens with one attached hydrogen (secondary N) is 1. The molecule has 1 heterocycles. The number of hydrogen-bond donors (Lipinski definition) is 1. The highest BCUT2D eigenvalue weighted by atomic mass is 19.1. The van der Waals surface area contributed by atoms with E-state index in [2.05, 4.69) is 10.3 Å². The van der Waals surface area contributed by atoms with Crippen LogP contribution < -0.4 is 5.32 Å². The zero-order chi connectivity index (χ0) is 16.1. The second kappa shape index (κ2) is 6.83. The predicted octanol–water partition coefficient (Wildman–Crippen LogP) is 3.99. The first-order chi connectivity index (χ1) is 11.2. The van der Waals surface area contributed by atoms with Gasteiger partial charge in [0.05, 0.1) is 24.0 Å². The zero-order valence-corrected chi connectivity index (χ0v) is 12.3. The smallest absolute Gasteiger partial charge is 0.236 e. The van der Waals surface area contributed by atoms with Crippen LogP contribution in [0.5, 0.6) is 0 Å². The molecular formula is C19H15FN2O. The highest BCUT2D eigenvalue weighted by Crippen LogP contribution is 2.26. The predicted molar refractivity (Wildman–Crippen MR) is 87.6 cm³/mol. The molecular weight excluding hydrogens is 291 g/mol. The third-order valence-electron chi connectivity index (χ3n) is 3.50. The molecule has 1 amide bonds. The van der Waals surface area contributed by atoms with Gasteiger partial charge in [-0.25, -0.2) is 4.39 Å². The normalized spacial score (nSPS) is 10.5. The summed E-state index contributed by atoms with van der Waals surface area (Å²) in [5.74, 6) is -1.19. The number of benzene rings is 2. The monoisotopic (exact) mass is 306 g/mol. The Bertz CT molecular complexity index is 751. The zero-order valence-electron chi connectivity index (χ0n) is 12.3. The molecule has 0 atom stereocenters. The fraction of sp³-hybridized carbons (Fsp3) is 0.0526. The summed E-state index contributed by atoms with van der Waals surface area (Å²) in [5.41, 5.74) is 2.09. The fourth-order valence-corrected chi connectivity index (χ4v) is 2.48. The maximum atomic E-state index is 13.3. The lowest BCUT2D eigenvalue weighted by Gasteiger charge is -2.17. The Kier molecular flexibility index (Phi) is 4.43. The van der Waals surface area contributed by atoms with Gasteiger partial charge in [-0.2, -0.15) is 0 Å². The summed E-state index contributed by atoms with van der Waals surface area (Å²) in [7, 11) is 0. The van der Waals surface area contributed by atoms with Crippen LogP contribution in [0.25, 0.3) is 0 Å². The van der Waals surface area contributed by atoms with Gasteiger partial charge in [0.1, 0.15) is 5.82 Å². The minimum absolute atomic E-state index is 0.227. The van der Waals surface area contributed by atoms with Crippen molar-refractivity contribution < 1.29 is 9.18 Å². The molecule has 4 heteroatoms. The summed E-state index contributed by atoms with van der Waals surface area (Å²) < 4.78 is 13.3. The topological polar surface area (TPSA) is 42.0 Å². The van der Waals surface area contributed by atoms with Crippen LogP contribution in [0.15, 0.2) is 79.1 Å². The second-order valence-electron chi connectivity index (χ2n) is 5.14. The molecule has 23 heavy (non-hydrogen) atoms. The van der Waals surface area contributed by atoms with Crippen molar-refractivity contribution in [1.82, 2.24) is 4.98 Å². The summed E-state index contributed by atoms with van der Waals surface area (Å²) in [6.07, 6.45) is 2.52. The molecule has 3 rings (SSSR count).